The van der Waals surface area contributed by atoms with Gasteiger partial charge in [-0.3, -0.25) is 4.79 Å². The molecule has 2 saturated carbocycles. The van der Waals surface area contributed by atoms with Gasteiger partial charge in [-0.2, -0.15) is 8.78 Å². The third kappa shape index (κ3) is 7.55. The molecule has 11 nitrogen and oxygen atoms in total. The quantitative estimate of drug-likeness (QED) is 0.261. The van der Waals surface area contributed by atoms with E-state index in [9.17, 15) is 14.4 Å². The fraction of sp³-hybridized carbons (Fsp3) is 0.667. The van der Waals surface area contributed by atoms with E-state index in [4.69, 9.17) is 18.9 Å². The summed E-state index contributed by atoms with van der Waals surface area (Å²) in [7, 11) is 1.49. The lowest BCUT2D eigenvalue weighted by atomic mass is 9.71. The van der Waals surface area contributed by atoms with Gasteiger partial charge in [-0.1, -0.05) is 47.6 Å². The first-order valence-corrected chi connectivity index (χ1v) is 18.6. The van der Waals surface area contributed by atoms with E-state index in [1.54, 1.807) is 18.2 Å². The summed E-state index contributed by atoms with van der Waals surface area (Å²) in [6.07, 6.45) is 4.23. The second-order valence-electron chi connectivity index (χ2n) is 16.3. The van der Waals surface area contributed by atoms with Crippen LogP contribution < -0.4 is 14.8 Å². The molecule has 0 spiro atoms. The Kier molecular flexibility index (Phi) is 10.7. The molecule has 2 amide bonds. The van der Waals surface area contributed by atoms with E-state index >= 15 is 8.78 Å². The van der Waals surface area contributed by atoms with E-state index in [1.807, 2.05) is 41.5 Å². The van der Waals surface area contributed by atoms with Gasteiger partial charge in [-0.05, 0) is 85.8 Å². The number of ether oxygens (including phenoxy) is 4. The number of nitrogens with zero attached hydrogens (tertiary/aromatic N) is 3. The van der Waals surface area contributed by atoms with Gasteiger partial charge < -0.3 is 29.2 Å². The molecule has 52 heavy (non-hydrogen) atoms. The molecule has 2 aliphatic heterocycles. The molecule has 1 aromatic carbocycles. The third-order valence-corrected chi connectivity index (χ3v) is 11.2. The van der Waals surface area contributed by atoms with Crippen molar-refractivity contribution in [3.63, 3.8) is 0 Å². The van der Waals surface area contributed by atoms with Crippen LogP contribution in [0, 0.1) is 35.0 Å². The zero-order valence-corrected chi connectivity index (χ0v) is 31.2. The highest BCUT2D eigenvalue weighted by molar-refractivity contribution is 5.91. The molecular weight excluding hydrogens is 674 g/mol. The molecule has 8 unspecified atom stereocenters. The number of alkyl halides is 2. The number of carbonyl (C=O) groups excluding carboxylic acids is 3. The summed E-state index contributed by atoms with van der Waals surface area (Å²) in [5.41, 5.74) is -0.942. The third-order valence-electron chi connectivity index (χ3n) is 11.2. The Morgan fingerprint density at radius 3 is 2.50 bits per heavy atom. The molecule has 4 aliphatic rings. The van der Waals surface area contributed by atoms with Crippen molar-refractivity contribution in [1.29, 1.82) is 0 Å². The molecule has 1 saturated heterocycles. The van der Waals surface area contributed by atoms with E-state index in [0.717, 1.165) is 18.9 Å². The topological polar surface area (TPSA) is 129 Å². The van der Waals surface area contributed by atoms with E-state index in [0.29, 0.717) is 43.3 Å². The van der Waals surface area contributed by atoms with Gasteiger partial charge in [-0.15, -0.1) is 0 Å². The van der Waals surface area contributed by atoms with Crippen molar-refractivity contribution in [3.05, 3.63) is 36.0 Å². The molecule has 2 aromatic rings. The summed E-state index contributed by atoms with van der Waals surface area (Å²) in [6.45, 7) is 11.1. The molecule has 6 rings (SSSR count). The van der Waals surface area contributed by atoms with Crippen LogP contribution in [-0.4, -0.2) is 77.4 Å². The number of fused-ring (bicyclic) bond motifs is 7. The lowest BCUT2D eigenvalue weighted by molar-refractivity contribution is -0.157. The van der Waals surface area contributed by atoms with Crippen molar-refractivity contribution >= 4 is 29.0 Å². The van der Waals surface area contributed by atoms with E-state index < -0.39 is 71.1 Å². The molecule has 1 aromatic heterocycles. The summed E-state index contributed by atoms with van der Waals surface area (Å²) in [5.74, 6) is -4.52. The SMILES string of the molecule is CCC1C2CN(C(=O)C(C(C)(C)C)NC(=O)OC3CC4CCC4C3CCC=CC(F)(F)c3nc4ccc(OC)cc4nc3O2)C1C(=O)OCC(C)C. The van der Waals surface area contributed by atoms with E-state index in [-0.39, 0.29) is 36.0 Å². The van der Waals surface area contributed by atoms with Crippen molar-refractivity contribution in [3.8, 4) is 11.6 Å². The number of hydrogen-bond donors (Lipinski definition) is 1. The summed E-state index contributed by atoms with van der Waals surface area (Å²) in [5, 5.41) is 2.86. The number of esters is 1. The van der Waals surface area contributed by atoms with Gasteiger partial charge in [0, 0.05) is 12.0 Å². The second kappa shape index (κ2) is 14.8. The molecule has 8 atom stereocenters. The molecule has 284 valence electrons. The Labute approximate surface area is 304 Å². The first-order valence-electron chi connectivity index (χ1n) is 18.6. The highest BCUT2D eigenvalue weighted by Crippen LogP contribution is 2.53. The monoisotopic (exact) mass is 726 g/mol. The number of alkyl carbamates (subject to hydrolysis) is 1. The summed E-state index contributed by atoms with van der Waals surface area (Å²) < 4.78 is 56.1. The Hall–Kier alpha value is -4.03. The fourth-order valence-electron chi connectivity index (χ4n) is 8.38. The van der Waals surface area contributed by atoms with Crippen LogP contribution in [0.15, 0.2) is 30.4 Å². The minimum atomic E-state index is -3.57. The van der Waals surface area contributed by atoms with Crippen LogP contribution in [0.4, 0.5) is 13.6 Å². The average molecular weight is 727 g/mol. The first kappa shape index (κ1) is 37.7. The zero-order valence-electron chi connectivity index (χ0n) is 31.2. The fourth-order valence-corrected chi connectivity index (χ4v) is 8.38. The number of hydrogen-bond acceptors (Lipinski definition) is 9. The van der Waals surface area contributed by atoms with Crippen molar-refractivity contribution in [1.82, 2.24) is 20.2 Å². The largest absolute Gasteiger partial charge is 0.497 e. The van der Waals surface area contributed by atoms with Crippen LogP contribution in [0.2, 0.25) is 0 Å². The number of amides is 2. The number of allylic oxidation sites excluding steroid dienone is 2. The van der Waals surface area contributed by atoms with Crippen molar-refractivity contribution in [2.24, 2.45) is 35.0 Å². The van der Waals surface area contributed by atoms with E-state index in [1.165, 1.54) is 18.1 Å². The summed E-state index contributed by atoms with van der Waals surface area (Å²) in [6, 6.07) is 2.58. The number of aromatic nitrogens is 2. The first-order chi connectivity index (χ1) is 24.6. The standard InChI is InChI=1S/C39H52F2N4O7/c1-8-24-30-19-45(31(24)36(47)50-20-21(2)3)35(46)33(38(4,5)6)44-37(48)52-29-17-22-12-14-25(22)26(29)11-9-10-16-39(40,41)32-34(51-30)43-28-18-23(49-7)13-15-27(28)42-32/h10,13,15-16,18,21-22,24-26,29-31,33H,8-9,11-12,14,17,19-20H2,1-7H3,(H,44,48). The lowest BCUT2D eigenvalue weighted by Gasteiger charge is -2.36. The zero-order chi connectivity index (χ0) is 37.5. The summed E-state index contributed by atoms with van der Waals surface area (Å²) >= 11 is 0. The minimum absolute atomic E-state index is 0.00420. The molecule has 3 fully saturated rings. The van der Waals surface area contributed by atoms with Gasteiger partial charge in [0.2, 0.25) is 11.8 Å². The minimum Gasteiger partial charge on any atom is -0.497 e. The van der Waals surface area contributed by atoms with Gasteiger partial charge in [0.25, 0.3) is 0 Å². The van der Waals surface area contributed by atoms with Gasteiger partial charge in [0.15, 0.2) is 5.69 Å². The average Bonchev–Trinajstić information content (AvgIpc) is 3.55. The number of benzene rings is 1. The molecule has 2 aliphatic carbocycles. The number of carbonyl (C=O) groups is 3. The Balaban J connectivity index is 1.46. The van der Waals surface area contributed by atoms with Crippen LogP contribution in [0.5, 0.6) is 11.6 Å². The maximum absolute atomic E-state index is 16.3. The Morgan fingerprint density at radius 1 is 1.08 bits per heavy atom. The normalized spacial score (nSPS) is 30.5. The van der Waals surface area contributed by atoms with Gasteiger partial charge in [-0.25, -0.2) is 19.6 Å². The molecule has 1 N–H and O–H groups in total. The highest BCUT2D eigenvalue weighted by atomic mass is 19.3. The smallest absolute Gasteiger partial charge is 0.408 e. The molecule has 0 radical (unpaired) electrons. The van der Waals surface area contributed by atoms with Crippen molar-refractivity contribution in [2.75, 3.05) is 20.3 Å². The molecule has 3 heterocycles. The van der Waals surface area contributed by atoms with Crippen LogP contribution in [0.25, 0.3) is 11.0 Å². The summed E-state index contributed by atoms with van der Waals surface area (Å²) in [4.78, 5) is 52.4. The molecule has 2 bridgehead atoms. The Morgan fingerprint density at radius 2 is 1.85 bits per heavy atom. The van der Waals surface area contributed by atoms with Crippen molar-refractivity contribution in [2.45, 2.75) is 110 Å². The molecule has 13 heteroatoms. The van der Waals surface area contributed by atoms with Crippen LogP contribution in [0.1, 0.15) is 85.8 Å². The number of rotatable bonds is 5. The number of halogens is 2. The van der Waals surface area contributed by atoms with Crippen LogP contribution in [0.3, 0.4) is 0 Å². The van der Waals surface area contributed by atoms with Gasteiger partial charge >= 0.3 is 18.0 Å². The molecular formula is C39H52F2N4O7. The van der Waals surface area contributed by atoms with Crippen LogP contribution >= 0.6 is 0 Å². The number of nitrogens with one attached hydrogen (secondary N) is 1. The van der Waals surface area contributed by atoms with Crippen molar-refractivity contribution < 1.29 is 42.1 Å². The number of methoxy groups -OCH3 is 1. The lowest BCUT2D eigenvalue weighted by Crippen LogP contribution is -2.57. The van der Waals surface area contributed by atoms with E-state index in [2.05, 4.69) is 15.3 Å². The Bertz CT molecular complexity index is 1690. The van der Waals surface area contributed by atoms with Gasteiger partial charge in [0.05, 0.1) is 31.3 Å². The highest BCUT2D eigenvalue weighted by Gasteiger charge is 2.53. The maximum Gasteiger partial charge on any atom is 0.408 e. The maximum atomic E-state index is 16.3. The van der Waals surface area contributed by atoms with Crippen LogP contribution in [-0.2, 0) is 25.0 Å². The predicted octanol–water partition coefficient (Wildman–Crippen LogP) is 6.82. The van der Waals surface area contributed by atoms with Gasteiger partial charge in [0.1, 0.15) is 30.0 Å². The second-order valence-corrected chi connectivity index (χ2v) is 16.3. The predicted molar refractivity (Wildman–Crippen MR) is 189 cm³/mol.